The molecule has 0 aromatic carbocycles. The third kappa shape index (κ3) is 3.69. The highest BCUT2D eigenvalue weighted by atomic mass is 32.2. The first-order valence-electron chi connectivity index (χ1n) is 5.82. The lowest BCUT2D eigenvalue weighted by Gasteiger charge is -2.15. The van der Waals surface area contributed by atoms with Crippen molar-refractivity contribution in [1.29, 1.82) is 0 Å². The summed E-state index contributed by atoms with van der Waals surface area (Å²) in [7, 11) is 0. The van der Waals surface area contributed by atoms with Gasteiger partial charge in [0.25, 0.3) is 0 Å². The number of aliphatic hydroxyl groups excluding tert-OH is 1. The van der Waals surface area contributed by atoms with Crippen molar-refractivity contribution in [1.82, 2.24) is 15.5 Å². The first-order valence-corrected chi connectivity index (χ1v) is 6.80. The molecule has 0 bridgehead atoms. The van der Waals surface area contributed by atoms with Crippen molar-refractivity contribution in [3.63, 3.8) is 0 Å². The molecule has 2 rings (SSSR count). The summed E-state index contributed by atoms with van der Waals surface area (Å²) in [5.74, 6) is 2.07. The number of β-amino-alcohol motifs (C(OH)–C–C–N with tert-alkyl or cyclic N) is 1. The molecule has 1 aromatic heterocycles. The van der Waals surface area contributed by atoms with Crippen molar-refractivity contribution in [2.45, 2.75) is 49.8 Å². The highest BCUT2D eigenvalue weighted by Crippen LogP contribution is 2.27. The number of aliphatic hydroxyl groups is 1. The molecular weight excluding hydrogens is 238 g/mol. The first-order chi connectivity index (χ1) is 7.94. The maximum absolute atomic E-state index is 9.42. The fourth-order valence-electron chi connectivity index (χ4n) is 1.65. The average Bonchev–Trinajstić information content (AvgIpc) is 2.81. The van der Waals surface area contributed by atoms with E-state index in [1.54, 1.807) is 11.8 Å². The second kappa shape index (κ2) is 4.96. The Morgan fingerprint density at radius 2 is 2.29 bits per heavy atom. The van der Waals surface area contributed by atoms with Crippen LogP contribution in [-0.4, -0.2) is 32.6 Å². The molecule has 96 valence electrons. The standard InChI is InChI=1S/C11H19N3O2S/c1-11(2,3)17-6-9-13-10(16-14-9)8-4-7(15)5-12-8/h7-8,12,15H,4-6H2,1-3H3/t7-,8-/m0/s1. The van der Waals surface area contributed by atoms with E-state index in [4.69, 9.17) is 4.52 Å². The van der Waals surface area contributed by atoms with Crippen LogP contribution in [0.25, 0.3) is 0 Å². The van der Waals surface area contributed by atoms with Gasteiger partial charge in [-0.3, -0.25) is 0 Å². The molecule has 5 nitrogen and oxygen atoms in total. The Morgan fingerprint density at radius 1 is 1.53 bits per heavy atom. The number of thioether (sulfide) groups is 1. The molecule has 0 amide bonds. The van der Waals surface area contributed by atoms with Gasteiger partial charge in [0.05, 0.1) is 17.9 Å². The topological polar surface area (TPSA) is 71.2 Å². The van der Waals surface area contributed by atoms with Crippen molar-refractivity contribution < 1.29 is 9.63 Å². The normalized spacial score (nSPS) is 25.4. The highest BCUT2D eigenvalue weighted by Gasteiger charge is 2.28. The van der Waals surface area contributed by atoms with E-state index in [2.05, 4.69) is 36.2 Å². The summed E-state index contributed by atoms with van der Waals surface area (Å²) in [5, 5.41) is 16.5. The molecular formula is C11H19N3O2S. The van der Waals surface area contributed by atoms with Crippen LogP contribution in [0.2, 0.25) is 0 Å². The van der Waals surface area contributed by atoms with Crippen LogP contribution in [0.5, 0.6) is 0 Å². The van der Waals surface area contributed by atoms with Crippen molar-refractivity contribution in [2.24, 2.45) is 0 Å². The quantitative estimate of drug-likeness (QED) is 0.855. The van der Waals surface area contributed by atoms with E-state index >= 15 is 0 Å². The zero-order valence-corrected chi connectivity index (χ0v) is 11.3. The predicted octanol–water partition coefficient (Wildman–Crippen LogP) is 1.50. The second-order valence-electron chi connectivity index (χ2n) is 5.30. The van der Waals surface area contributed by atoms with Crippen LogP contribution in [0.1, 0.15) is 44.9 Å². The van der Waals surface area contributed by atoms with Crippen molar-refractivity contribution >= 4 is 11.8 Å². The number of hydrogen-bond acceptors (Lipinski definition) is 6. The summed E-state index contributed by atoms with van der Waals surface area (Å²) in [5.41, 5.74) is 0. The van der Waals surface area contributed by atoms with Gasteiger partial charge < -0.3 is 14.9 Å². The molecule has 0 saturated carbocycles. The third-order valence-electron chi connectivity index (χ3n) is 2.52. The predicted molar refractivity (Wildman–Crippen MR) is 66.7 cm³/mol. The minimum Gasteiger partial charge on any atom is -0.392 e. The molecule has 2 heterocycles. The lowest BCUT2D eigenvalue weighted by Crippen LogP contribution is -2.15. The van der Waals surface area contributed by atoms with Gasteiger partial charge >= 0.3 is 0 Å². The van der Waals surface area contributed by atoms with Gasteiger partial charge in [0, 0.05) is 11.3 Å². The Kier molecular flexibility index (Phi) is 3.75. The zero-order chi connectivity index (χ0) is 12.5. The zero-order valence-electron chi connectivity index (χ0n) is 10.4. The maximum atomic E-state index is 9.42. The molecule has 0 unspecified atom stereocenters. The van der Waals surface area contributed by atoms with E-state index < -0.39 is 0 Å². The van der Waals surface area contributed by atoms with Crippen LogP contribution in [0.4, 0.5) is 0 Å². The van der Waals surface area contributed by atoms with E-state index in [0.717, 1.165) is 11.6 Å². The first kappa shape index (κ1) is 12.9. The van der Waals surface area contributed by atoms with E-state index in [-0.39, 0.29) is 16.9 Å². The van der Waals surface area contributed by atoms with Gasteiger partial charge in [0.1, 0.15) is 0 Å². The summed E-state index contributed by atoms with van der Waals surface area (Å²) in [6.07, 6.45) is 0.341. The molecule has 17 heavy (non-hydrogen) atoms. The molecule has 1 saturated heterocycles. The minimum absolute atomic E-state index is 0.00545. The fraction of sp³-hybridized carbons (Fsp3) is 0.818. The van der Waals surface area contributed by atoms with Crippen LogP contribution in [0.15, 0.2) is 4.52 Å². The van der Waals surface area contributed by atoms with Gasteiger partial charge in [0.2, 0.25) is 5.89 Å². The second-order valence-corrected chi connectivity index (χ2v) is 7.10. The van der Waals surface area contributed by atoms with Crippen LogP contribution in [0.3, 0.4) is 0 Å². The van der Waals surface area contributed by atoms with E-state index in [1.165, 1.54) is 0 Å². The van der Waals surface area contributed by atoms with Crippen LogP contribution in [0, 0.1) is 0 Å². The average molecular weight is 257 g/mol. The molecule has 2 N–H and O–H groups in total. The maximum Gasteiger partial charge on any atom is 0.243 e. The number of aromatic nitrogens is 2. The van der Waals surface area contributed by atoms with Crippen LogP contribution in [-0.2, 0) is 5.75 Å². The molecule has 2 atom stereocenters. The summed E-state index contributed by atoms with van der Waals surface area (Å²) in [6.45, 7) is 7.08. The van der Waals surface area contributed by atoms with Gasteiger partial charge in [-0.2, -0.15) is 4.98 Å². The van der Waals surface area contributed by atoms with E-state index in [0.29, 0.717) is 18.9 Å². The molecule has 1 aliphatic rings. The minimum atomic E-state index is -0.306. The summed E-state index contributed by atoms with van der Waals surface area (Å²) < 4.78 is 5.41. The summed E-state index contributed by atoms with van der Waals surface area (Å²) >= 11 is 1.79. The Bertz CT molecular complexity index is 375. The Hall–Kier alpha value is -0.590. The summed E-state index contributed by atoms with van der Waals surface area (Å²) in [6, 6.07) is 0.00545. The van der Waals surface area contributed by atoms with Crippen molar-refractivity contribution in [3.8, 4) is 0 Å². The van der Waals surface area contributed by atoms with Gasteiger partial charge in [-0.1, -0.05) is 25.9 Å². The smallest absolute Gasteiger partial charge is 0.243 e. The lowest BCUT2D eigenvalue weighted by atomic mass is 10.2. The SMILES string of the molecule is CC(C)(C)SCc1noc([C@@H]2C[C@H](O)CN2)n1. The largest absolute Gasteiger partial charge is 0.392 e. The number of rotatable bonds is 3. The van der Waals surface area contributed by atoms with Gasteiger partial charge in [0.15, 0.2) is 5.82 Å². The Labute approximate surface area is 105 Å². The molecule has 1 aliphatic heterocycles. The third-order valence-corrected chi connectivity index (χ3v) is 3.79. The monoisotopic (exact) mass is 257 g/mol. The number of nitrogens with zero attached hydrogens (tertiary/aromatic N) is 2. The molecule has 0 spiro atoms. The highest BCUT2D eigenvalue weighted by molar-refractivity contribution is 7.99. The van der Waals surface area contributed by atoms with Gasteiger partial charge in [-0.15, -0.1) is 11.8 Å². The Morgan fingerprint density at radius 3 is 2.88 bits per heavy atom. The Balaban J connectivity index is 1.92. The van der Waals surface area contributed by atoms with Gasteiger partial charge in [-0.25, -0.2) is 0 Å². The van der Waals surface area contributed by atoms with E-state index in [9.17, 15) is 5.11 Å². The number of nitrogens with one attached hydrogen (secondary N) is 1. The van der Waals surface area contributed by atoms with Crippen LogP contribution < -0.4 is 5.32 Å². The van der Waals surface area contributed by atoms with Crippen molar-refractivity contribution in [2.75, 3.05) is 6.54 Å². The summed E-state index contributed by atoms with van der Waals surface area (Å²) in [4.78, 5) is 4.36. The number of hydrogen-bond donors (Lipinski definition) is 2. The molecule has 6 heteroatoms. The molecule has 0 aliphatic carbocycles. The van der Waals surface area contributed by atoms with Gasteiger partial charge in [-0.05, 0) is 6.42 Å². The molecule has 1 fully saturated rings. The molecule has 1 aromatic rings. The fourth-order valence-corrected chi connectivity index (χ4v) is 2.33. The lowest BCUT2D eigenvalue weighted by molar-refractivity contribution is 0.191. The van der Waals surface area contributed by atoms with E-state index in [1.807, 2.05) is 0 Å². The molecule has 0 radical (unpaired) electrons. The van der Waals surface area contributed by atoms with Crippen LogP contribution >= 0.6 is 11.8 Å². The van der Waals surface area contributed by atoms with Crippen molar-refractivity contribution in [3.05, 3.63) is 11.7 Å².